The van der Waals surface area contributed by atoms with Gasteiger partial charge in [-0.3, -0.25) is 5.41 Å². The number of unbranched alkanes of at least 4 members (excludes halogenated alkanes) is 3. The van der Waals surface area contributed by atoms with Crippen molar-refractivity contribution in [3.05, 3.63) is 0 Å². The third-order valence-corrected chi connectivity index (χ3v) is 11.7. The Morgan fingerprint density at radius 3 is 1.47 bits per heavy atom. The molecule has 7 nitrogen and oxygen atoms in total. The molecule has 0 spiro atoms. The Morgan fingerprint density at radius 2 is 1.04 bits per heavy atom. The SMILES string of the molecule is CCC(CCCCCCC(C(=N)/N=C(\N)N(C)C1CC(C)(C)NC(C)(C)C1)C1CC(C)(C)NC(C)(C)C1)C1CC(C)(C)NC(C)(C)C1. The molecule has 3 rings (SSSR count). The van der Waals surface area contributed by atoms with E-state index in [-0.39, 0.29) is 39.2 Å². The van der Waals surface area contributed by atoms with Crippen LogP contribution in [0.3, 0.4) is 0 Å². The summed E-state index contributed by atoms with van der Waals surface area (Å²) in [6.07, 6.45) is 15.4. The summed E-state index contributed by atoms with van der Waals surface area (Å²) in [5, 5.41) is 20.9. The van der Waals surface area contributed by atoms with Gasteiger partial charge in [0.2, 0.25) is 0 Å². The van der Waals surface area contributed by atoms with Crippen LogP contribution in [0.1, 0.15) is 173 Å². The smallest absolute Gasteiger partial charge is 0.197 e. The maximum atomic E-state index is 9.38. The molecular formula is C40H79N7. The van der Waals surface area contributed by atoms with Crippen molar-refractivity contribution in [1.82, 2.24) is 20.9 Å². The van der Waals surface area contributed by atoms with Gasteiger partial charge in [-0.1, -0.05) is 45.4 Å². The Hall–Kier alpha value is -1.18. The first-order valence-electron chi connectivity index (χ1n) is 19.4. The molecule has 0 aromatic heterocycles. The van der Waals surface area contributed by atoms with Crippen LogP contribution in [-0.2, 0) is 0 Å². The zero-order valence-corrected chi connectivity index (χ0v) is 33.6. The third kappa shape index (κ3) is 12.3. The summed E-state index contributed by atoms with van der Waals surface area (Å²) in [7, 11) is 2.08. The Balaban J connectivity index is 1.65. The lowest BCUT2D eigenvalue weighted by Crippen LogP contribution is -2.62. The van der Waals surface area contributed by atoms with Crippen molar-refractivity contribution in [1.29, 1.82) is 5.41 Å². The van der Waals surface area contributed by atoms with Gasteiger partial charge >= 0.3 is 0 Å². The molecule has 7 heteroatoms. The molecule has 2 atom stereocenters. The fraction of sp³-hybridized carbons (Fsp3) is 0.950. The minimum atomic E-state index is 0.0290. The Labute approximate surface area is 291 Å². The average molecular weight is 658 g/mol. The molecule has 3 aliphatic rings. The van der Waals surface area contributed by atoms with Crippen LogP contribution in [0.2, 0.25) is 0 Å². The highest BCUT2D eigenvalue weighted by Gasteiger charge is 2.43. The number of guanidine groups is 1. The van der Waals surface area contributed by atoms with Crippen molar-refractivity contribution in [2.24, 2.45) is 34.4 Å². The molecule has 0 amide bonds. The Morgan fingerprint density at radius 1 is 0.660 bits per heavy atom. The fourth-order valence-electron chi connectivity index (χ4n) is 10.9. The van der Waals surface area contributed by atoms with Crippen LogP contribution >= 0.6 is 0 Å². The minimum absolute atomic E-state index is 0.0290. The van der Waals surface area contributed by atoms with Crippen LogP contribution < -0.4 is 21.7 Å². The molecule has 47 heavy (non-hydrogen) atoms. The Kier molecular flexibility index (Phi) is 12.8. The van der Waals surface area contributed by atoms with E-state index in [9.17, 15) is 5.41 Å². The normalized spacial score (nSPS) is 27.2. The van der Waals surface area contributed by atoms with Crippen LogP contribution in [0.5, 0.6) is 0 Å². The van der Waals surface area contributed by atoms with E-state index < -0.39 is 0 Å². The van der Waals surface area contributed by atoms with Gasteiger partial charge in [0.05, 0.1) is 0 Å². The van der Waals surface area contributed by atoms with Crippen molar-refractivity contribution >= 4 is 11.8 Å². The molecule has 3 saturated heterocycles. The maximum Gasteiger partial charge on any atom is 0.197 e. The lowest BCUT2D eigenvalue weighted by molar-refractivity contribution is 0.0864. The molecule has 3 aliphatic heterocycles. The molecule has 0 bridgehead atoms. The molecular weight excluding hydrogens is 578 g/mol. The fourth-order valence-corrected chi connectivity index (χ4v) is 10.9. The van der Waals surface area contributed by atoms with Gasteiger partial charge in [-0.25, -0.2) is 4.99 Å². The predicted molar refractivity (Wildman–Crippen MR) is 204 cm³/mol. The van der Waals surface area contributed by atoms with Crippen LogP contribution in [0.25, 0.3) is 0 Å². The summed E-state index contributed by atoms with van der Waals surface area (Å²) in [5.41, 5.74) is 7.30. The van der Waals surface area contributed by atoms with Crippen molar-refractivity contribution in [3.8, 4) is 0 Å². The number of amidine groups is 1. The van der Waals surface area contributed by atoms with Gasteiger partial charge in [0.1, 0.15) is 5.84 Å². The largest absolute Gasteiger partial charge is 0.369 e. The lowest BCUT2D eigenvalue weighted by Gasteiger charge is -2.49. The quantitative estimate of drug-likeness (QED) is 0.0822. The van der Waals surface area contributed by atoms with Crippen LogP contribution in [0.4, 0.5) is 0 Å². The van der Waals surface area contributed by atoms with Gasteiger partial charge in [-0.05, 0) is 146 Å². The topological polar surface area (TPSA) is 102 Å². The molecule has 274 valence electrons. The standard InChI is InChI=1S/C40H79N7/c1-15-28(29-22-35(2,3)44-36(4,5)23-29)20-18-16-17-19-21-32(30-24-37(6,7)45-38(8,9)25-30)33(41)43-34(42)47(14)31-26-39(10,11)46-40(12,13)27-31/h28-32,44-46H,15-27H2,1-14H3,(H3,41,42,43). The number of piperidine rings is 3. The van der Waals surface area contributed by atoms with Crippen molar-refractivity contribution in [3.63, 3.8) is 0 Å². The zero-order valence-electron chi connectivity index (χ0n) is 33.6. The van der Waals surface area contributed by atoms with E-state index in [2.05, 4.69) is 118 Å². The summed E-state index contributed by atoms with van der Waals surface area (Å²) < 4.78 is 0. The number of hydrogen-bond donors (Lipinski definition) is 5. The predicted octanol–water partition coefficient (Wildman–Crippen LogP) is 8.62. The van der Waals surface area contributed by atoms with Gasteiger partial charge < -0.3 is 26.6 Å². The Bertz CT molecular complexity index is 1020. The van der Waals surface area contributed by atoms with E-state index in [0.29, 0.717) is 23.8 Å². The second-order valence-corrected chi connectivity index (χ2v) is 20.3. The van der Waals surface area contributed by atoms with E-state index in [1.165, 1.54) is 44.9 Å². The highest BCUT2D eigenvalue weighted by Crippen LogP contribution is 2.41. The third-order valence-electron chi connectivity index (χ3n) is 11.7. The summed E-state index contributed by atoms with van der Waals surface area (Å²) in [4.78, 5) is 7.05. The first-order valence-corrected chi connectivity index (χ1v) is 19.4. The van der Waals surface area contributed by atoms with E-state index in [0.717, 1.165) is 50.4 Å². The van der Waals surface area contributed by atoms with Gasteiger partial charge in [0, 0.05) is 52.2 Å². The second kappa shape index (κ2) is 15.0. The van der Waals surface area contributed by atoms with E-state index >= 15 is 0 Å². The summed E-state index contributed by atoms with van der Waals surface area (Å²) >= 11 is 0. The van der Waals surface area contributed by atoms with Crippen LogP contribution in [-0.4, -0.2) is 63.0 Å². The lowest BCUT2D eigenvalue weighted by atomic mass is 9.69. The number of nitrogens with one attached hydrogen (secondary N) is 4. The first-order chi connectivity index (χ1) is 21.3. The average Bonchev–Trinajstić information content (AvgIpc) is 2.84. The highest BCUT2D eigenvalue weighted by atomic mass is 15.3. The van der Waals surface area contributed by atoms with Gasteiger partial charge in [0.25, 0.3) is 0 Å². The molecule has 3 heterocycles. The molecule has 0 radical (unpaired) electrons. The molecule has 0 aliphatic carbocycles. The highest BCUT2D eigenvalue weighted by molar-refractivity contribution is 5.95. The number of hydrogen-bond acceptors (Lipinski definition) is 4. The summed E-state index contributed by atoms with van der Waals surface area (Å²) in [6.45, 7) is 30.3. The van der Waals surface area contributed by atoms with Crippen molar-refractivity contribution in [2.75, 3.05) is 7.05 Å². The number of aliphatic imine (C=N–C) groups is 1. The second-order valence-electron chi connectivity index (χ2n) is 20.3. The maximum absolute atomic E-state index is 9.38. The van der Waals surface area contributed by atoms with Crippen LogP contribution in [0.15, 0.2) is 4.99 Å². The number of nitrogens with zero attached hydrogens (tertiary/aromatic N) is 2. The van der Waals surface area contributed by atoms with E-state index in [1.807, 2.05) is 0 Å². The molecule has 3 fully saturated rings. The molecule has 6 N–H and O–H groups in total. The van der Waals surface area contributed by atoms with Gasteiger partial charge in [0.15, 0.2) is 5.96 Å². The first kappa shape index (κ1) is 40.3. The summed E-state index contributed by atoms with van der Waals surface area (Å²) in [5.74, 6) is 3.17. The molecule has 0 aromatic rings. The minimum Gasteiger partial charge on any atom is -0.369 e. The monoisotopic (exact) mass is 658 g/mol. The van der Waals surface area contributed by atoms with Crippen LogP contribution in [0, 0.1) is 29.1 Å². The van der Waals surface area contributed by atoms with Crippen molar-refractivity contribution in [2.45, 2.75) is 213 Å². The van der Waals surface area contributed by atoms with E-state index in [1.54, 1.807) is 0 Å². The molecule has 2 unspecified atom stereocenters. The number of nitrogens with two attached hydrogens (primary N) is 1. The molecule has 0 aromatic carbocycles. The zero-order chi connectivity index (χ0) is 35.6. The molecule has 0 saturated carbocycles. The van der Waals surface area contributed by atoms with Gasteiger partial charge in [-0.15, -0.1) is 0 Å². The van der Waals surface area contributed by atoms with E-state index in [4.69, 9.17) is 10.7 Å². The summed E-state index contributed by atoms with van der Waals surface area (Å²) in [6, 6.07) is 0.293. The number of rotatable bonds is 12. The van der Waals surface area contributed by atoms with Gasteiger partial charge in [-0.2, -0.15) is 0 Å². The van der Waals surface area contributed by atoms with Crippen molar-refractivity contribution < 1.29 is 0 Å².